The Bertz CT molecular complexity index is 666. The van der Waals surface area contributed by atoms with Crippen molar-refractivity contribution in [1.82, 2.24) is 0 Å². The third kappa shape index (κ3) is 3.58. The molecule has 0 bridgehead atoms. The molecule has 3 nitrogen and oxygen atoms in total. The van der Waals surface area contributed by atoms with E-state index in [4.69, 9.17) is 11.6 Å². The zero-order chi connectivity index (χ0) is 16.6. The van der Waals surface area contributed by atoms with Gasteiger partial charge in [-0.3, -0.25) is 4.79 Å². The minimum Gasteiger partial charge on any atom is -0.276 e. The van der Waals surface area contributed by atoms with Crippen molar-refractivity contribution in [2.45, 2.75) is 43.5 Å². The molecule has 1 aromatic rings. The minimum absolute atomic E-state index is 0.0879. The van der Waals surface area contributed by atoms with Gasteiger partial charge in [-0.1, -0.05) is 6.92 Å². The van der Waals surface area contributed by atoms with Crippen LogP contribution in [0.5, 0.6) is 0 Å². The van der Waals surface area contributed by atoms with Crippen molar-refractivity contribution in [1.29, 1.82) is 0 Å². The van der Waals surface area contributed by atoms with E-state index in [1.54, 1.807) is 6.92 Å². The van der Waals surface area contributed by atoms with E-state index in [9.17, 15) is 26.4 Å². The first-order chi connectivity index (χ1) is 9.42. The van der Waals surface area contributed by atoms with Crippen molar-refractivity contribution in [2.24, 2.45) is 0 Å². The summed E-state index contributed by atoms with van der Waals surface area (Å²) in [7, 11) is -4.14. The summed E-state index contributed by atoms with van der Waals surface area (Å²) >= 11 is 5.23. The molecular weight excluding hydrogens is 329 g/mol. The lowest BCUT2D eigenvalue weighted by Crippen LogP contribution is -2.22. The molecule has 0 heterocycles. The van der Waals surface area contributed by atoms with Gasteiger partial charge in [0.2, 0.25) is 0 Å². The number of carbonyl (C=O) groups is 1. The molecule has 21 heavy (non-hydrogen) atoms. The van der Waals surface area contributed by atoms with Crippen LogP contribution in [0.1, 0.15) is 41.8 Å². The van der Waals surface area contributed by atoms with Crippen molar-refractivity contribution in [3.63, 3.8) is 0 Å². The first-order valence-corrected chi connectivity index (χ1v) is 8.00. The highest BCUT2D eigenvalue weighted by molar-refractivity contribution is 7.92. The van der Waals surface area contributed by atoms with E-state index < -0.39 is 37.0 Å². The minimum atomic E-state index is -4.90. The number of rotatable bonds is 4. The number of hydrogen-bond acceptors (Lipinski definition) is 3. The molecule has 1 unspecified atom stereocenters. The zero-order valence-corrected chi connectivity index (χ0v) is 13.2. The molecule has 0 spiro atoms. The van der Waals surface area contributed by atoms with Crippen molar-refractivity contribution >= 4 is 26.7 Å². The summed E-state index contributed by atoms with van der Waals surface area (Å²) in [5.74, 6) is 0. The first-order valence-electron chi connectivity index (χ1n) is 6.08. The number of sulfone groups is 1. The Morgan fingerprint density at radius 3 is 2.24 bits per heavy atom. The number of halogens is 4. The molecule has 0 radical (unpaired) electrons. The van der Waals surface area contributed by atoms with Gasteiger partial charge in [-0.05, 0) is 49.6 Å². The Morgan fingerprint density at radius 1 is 1.33 bits per heavy atom. The highest BCUT2D eigenvalue weighted by atomic mass is 35.5. The van der Waals surface area contributed by atoms with Crippen molar-refractivity contribution in [3.05, 3.63) is 28.8 Å². The Hall–Kier alpha value is -1.08. The van der Waals surface area contributed by atoms with Crippen LogP contribution in [-0.2, 0) is 16.0 Å². The summed E-state index contributed by atoms with van der Waals surface area (Å²) in [6.45, 7) is 4.25. The molecule has 8 heteroatoms. The zero-order valence-electron chi connectivity index (χ0n) is 11.6. The summed E-state index contributed by atoms with van der Waals surface area (Å²) in [6, 6.07) is 1.36. The summed E-state index contributed by atoms with van der Waals surface area (Å²) in [6.07, 6.45) is -4.72. The van der Waals surface area contributed by atoms with Crippen molar-refractivity contribution in [3.8, 4) is 0 Å². The summed E-state index contributed by atoms with van der Waals surface area (Å²) in [4.78, 5) is 10.3. The Kier molecular flexibility index (Phi) is 5.10. The Labute approximate surface area is 126 Å². The van der Waals surface area contributed by atoms with Crippen LogP contribution in [0.25, 0.3) is 0 Å². The fourth-order valence-corrected chi connectivity index (χ4v) is 3.68. The summed E-state index contributed by atoms with van der Waals surface area (Å²) < 4.78 is 63.8. The number of alkyl halides is 3. The molecule has 0 saturated carbocycles. The van der Waals surface area contributed by atoms with E-state index in [-0.39, 0.29) is 17.5 Å². The van der Waals surface area contributed by atoms with Gasteiger partial charge < -0.3 is 0 Å². The first kappa shape index (κ1) is 18.0. The summed E-state index contributed by atoms with van der Waals surface area (Å²) in [5, 5.41) is -2.03. The van der Waals surface area contributed by atoms with Crippen LogP contribution in [0.4, 0.5) is 13.2 Å². The van der Waals surface area contributed by atoms with Gasteiger partial charge in [0.15, 0.2) is 9.84 Å². The van der Waals surface area contributed by atoms with Gasteiger partial charge in [0.05, 0.1) is 15.7 Å². The smallest absolute Gasteiger partial charge is 0.276 e. The molecule has 0 aliphatic carbocycles. The maximum atomic E-state index is 13.1. The second-order valence-corrected chi connectivity index (χ2v) is 7.38. The topological polar surface area (TPSA) is 51.2 Å². The average molecular weight is 343 g/mol. The molecule has 1 rings (SSSR count). The van der Waals surface area contributed by atoms with Gasteiger partial charge in [0.25, 0.3) is 5.24 Å². The van der Waals surface area contributed by atoms with Crippen LogP contribution in [0.2, 0.25) is 0 Å². The second kappa shape index (κ2) is 5.96. The predicted octanol–water partition coefficient (Wildman–Crippen LogP) is 3.97. The van der Waals surface area contributed by atoms with Crippen LogP contribution in [0, 0.1) is 6.92 Å². The fraction of sp³-hybridized carbons (Fsp3) is 0.462. The SMILES string of the molecule is CCC(C)S(=O)(=O)c1cc(C)c(C(=O)Cl)cc1C(F)(F)F. The lowest BCUT2D eigenvalue weighted by atomic mass is 10.1. The maximum absolute atomic E-state index is 13.1. The van der Waals surface area contributed by atoms with Crippen LogP contribution in [-0.4, -0.2) is 18.9 Å². The number of aryl methyl sites for hydroxylation is 1. The molecular formula is C13H14ClF3O3S. The van der Waals surface area contributed by atoms with E-state index >= 15 is 0 Å². The number of benzene rings is 1. The maximum Gasteiger partial charge on any atom is 0.417 e. The molecule has 0 fully saturated rings. The van der Waals surface area contributed by atoms with Crippen LogP contribution >= 0.6 is 11.6 Å². The quantitative estimate of drug-likeness (QED) is 0.778. The lowest BCUT2D eigenvalue weighted by molar-refractivity contribution is -0.139. The van der Waals surface area contributed by atoms with E-state index in [0.29, 0.717) is 6.07 Å². The fourth-order valence-electron chi connectivity index (χ4n) is 1.79. The second-order valence-electron chi connectivity index (χ2n) is 4.70. The van der Waals surface area contributed by atoms with Gasteiger partial charge in [0, 0.05) is 5.56 Å². The molecule has 0 amide bonds. The van der Waals surface area contributed by atoms with E-state index in [1.165, 1.54) is 13.8 Å². The normalized spacial score (nSPS) is 14.0. The van der Waals surface area contributed by atoms with Crippen LogP contribution in [0.15, 0.2) is 17.0 Å². The largest absolute Gasteiger partial charge is 0.417 e. The third-order valence-electron chi connectivity index (χ3n) is 3.25. The standard InChI is InChI=1S/C13H14ClF3O3S/c1-4-8(3)21(19,20)11-5-7(2)9(12(14)18)6-10(11)13(15,16)17/h5-6,8H,4H2,1-3H3. The number of hydrogen-bond donors (Lipinski definition) is 0. The summed E-state index contributed by atoms with van der Waals surface area (Å²) in [5.41, 5.74) is -1.63. The third-order valence-corrected chi connectivity index (χ3v) is 5.80. The molecule has 0 aliphatic heterocycles. The molecule has 0 aromatic heterocycles. The van der Waals surface area contributed by atoms with Gasteiger partial charge in [-0.15, -0.1) is 0 Å². The van der Waals surface area contributed by atoms with E-state index in [0.717, 1.165) is 6.07 Å². The highest BCUT2D eigenvalue weighted by Crippen LogP contribution is 2.37. The average Bonchev–Trinajstić information content (AvgIpc) is 2.35. The molecule has 1 aromatic carbocycles. The monoisotopic (exact) mass is 342 g/mol. The number of carbonyl (C=O) groups excluding carboxylic acids is 1. The Morgan fingerprint density at radius 2 is 1.86 bits per heavy atom. The Balaban J connectivity index is 3.75. The molecule has 0 saturated heterocycles. The van der Waals surface area contributed by atoms with E-state index in [1.807, 2.05) is 0 Å². The van der Waals surface area contributed by atoms with Gasteiger partial charge in [0.1, 0.15) is 0 Å². The molecule has 0 N–H and O–H groups in total. The van der Waals surface area contributed by atoms with Gasteiger partial charge in [-0.2, -0.15) is 13.2 Å². The van der Waals surface area contributed by atoms with Crippen molar-refractivity contribution in [2.75, 3.05) is 0 Å². The predicted molar refractivity (Wildman–Crippen MR) is 73.3 cm³/mol. The van der Waals surface area contributed by atoms with E-state index in [2.05, 4.69) is 0 Å². The molecule has 0 aliphatic rings. The highest BCUT2D eigenvalue weighted by Gasteiger charge is 2.39. The van der Waals surface area contributed by atoms with Crippen molar-refractivity contribution < 1.29 is 26.4 Å². The van der Waals surface area contributed by atoms with Gasteiger partial charge >= 0.3 is 6.18 Å². The molecule has 1 atom stereocenters. The van der Waals surface area contributed by atoms with Gasteiger partial charge in [-0.25, -0.2) is 8.42 Å². The van der Waals surface area contributed by atoms with Crippen LogP contribution in [0.3, 0.4) is 0 Å². The lowest BCUT2D eigenvalue weighted by Gasteiger charge is -2.18. The van der Waals surface area contributed by atoms with Crippen LogP contribution < -0.4 is 0 Å². The molecule has 118 valence electrons.